The Balaban J connectivity index is 3.55. The SMILES string of the molecule is CC([O])c1c(C(F)(F)F)cccc1C(F)(F)F. The van der Waals surface area contributed by atoms with Crippen molar-refractivity contribution in [2.24, 2.45) is 0 Å². The Labute approximate surface area is 92.7 Å². The molecule has 0 fully saturated rings. The van der Waals surface area contributed by atoms with Crippen molar-refractivity contribution < 1.29 is 31.4 Å². The van der Waals surface area contributed by atoms with E-state index in [1.165, 1.54) is 0 Å². The molecule has 1 aromatic rings. The van der Waals surface area contributed by atoms with Crippen molar-refractivity contribution in [3.05, 3.63) is 34.9 Å². The van der Waals surface area contributed by atoms with Crippen molar-refractivity contribution in [1.29, 1.82) is 0 Å². The van der Waals surface area contributed by atoms with Gasteiger partial charge in [-0.15, -0.1) is 0 Å². The summed E-state index contributed by atoms with van der Waals surface area (Å²) in [7, 11) is 0. The van der Waals surface area contributed by atoms with Crippen molar-refractivity contribution in [3.63, 3.8) is 0 Å². The van der Waals surface area contributed by atoms with E-state index in [1.807, 2.05) is 0 Å². The van der Waals surface area contributed by atoms with Crippen LogP contribution >= 0.6 is 0 Å². The first-order chi connectivity index (χ1) is 7.55. The molecule has 1 unspecified atom stereocenters. The highest BCUT2D eigenvalue weighted by atomic mass is 19.4. The minimum atomic E-state index is -4.98. The monoisotopic (exact) mass is 257 g/mol. The second kappa shape index (κ2) is 4.21. The second-order valence-corrected chi connectivity index (χ2v) is 3.40. The summed E-state index contributed by atoms with van der Waals surface area (Å²) in [4.78, 5) is 0. The predicted molar refractivity (Wildman–Crippen MR) is 45.5 cm³/mol. The van der Waals surface area contributed by atoms with Gasteiger partial charge in [0.25, 0.3) is 0 Å². The lowest BCUT2D eigenvalue weighted by atomic mass is 9.96. The van der Waals surface area contributed by atoms with Crippen LogP contribution in [0.3, 0.4) is 0 Å². The number of hydrogen-bond donors (Lipinski definition) is 0. The molecule has 0 aliphatic carbocycles. The molecule has 0 aliphatic heterocycles. The van der Waals surface area contributed by atoms with Crippen LogP contribution in [0.5, 0.6) is 0 Å². The van der Waals surface area contributed by atoms with Gasteiger partial charge in [-0.25, -0.2) is 5.11 Å². The van der Waals surface area contributed by atoms with Crippen molar-refractivity contribution in [2.45, 2.75) is 25.4 Å². The lowest BCUT2D eigenvalue weighted by molar-refractivity contribution is -0.146. The molecule has 17 heavy (non-hydrogen) atoms. The number of rotatable bonds is 1. The first-order valence-corrected chi connectivity index (χ1v) is 4.48. The first kappa shape index (κ1) is 13.8. The predicted octanol–water partition coefficient (Wildman–Crippen LogP) is 4.22. The van der Waals surface area contributed by atoms with Gasteiger partial charge < -0.3 is 0 Å². The summed E-state index contributed by atoms with van der Waals surface area (Å²) in [6.45, 7) is 0.750. The molecule has 0 bridgehead atoms. The van der Waals surface area contributed by atoms with Gasteiger partial charge in [0, 0.05) is 5.56 Å². The second-order valence-electron chi connectivity index (χ2n) is 3.40. The minimum Gasteiger partial charge on any atom is -0.228 e. The summed E-state index contributed by atoms with van der Waals surface area (Å²) in [6.07, 6.45) is -12.1. The summed E-state index contributed by atoms with van der Waals surface area (Å²) >= 11 is 0. The van der Waals surface area contributed by atoms with Crippen molar-refractivity contribution in [1.82, 2.24) is 0 Å². The van der Waals surface area contributed by atoms with Crippen LogP contribution in [0.2, 0.25) is 0 Å². The van der Waals surface area contributed by atoms with E-state index in [0.717, 1.165) is 6.92 Å². The zero-order chi connectivity index (χ0) is 13.4. The Morgan fingerprint density at radius 1 is 0.941 bits per heavy atom. The summed E-state index contributed by atoms with van der Waals surface area (Å²) in [5.41, 5.74) is -4.32. The first-order valence-electron chi connectivity index (χ1n) is 4.48. The molecule has 1 atom stereocenters. The largest absolute Gasteiger partial charge is 0.416 e. The van der Waals surface area contributed by atoms with Crippen LogP contribution in [0.4, 0.5) is 26.3 Å². The molecule has 1 rings (SSSR count). The van der Waals surface area contributed by atoms with Crippen LogP contribution in [0.15, 0.2) is 18.2 Å². The van der Waals surface area contributed by atoms with E-state index < -0.39 is 35.1 Å². The molecule has 0 aromatic heterocycles. The molecule has 0 saturated carbocycles. The lowest BCUT2D eigenvalue weighted by Crippen LogP contribution is -2.17. The van der Waals surface area contributed by atoms with E-state index in [2.05, 4.69) is 0 Å². The highest BCUT2D eigenvalue weighted by Crippen LogP contribution is 2.41. The maximum atomic E-state index is 12.5. The maximum Gasteiger partial charge on any atom is 0.416 e. The number of alkyl halides is 6. The third-order valence-electron chi connectivity index (χ3n) is 2.12. The van der Waals surface area contributed by atoms with Gasteiger partial charge >= 0.3 is 12.4 Å². The van der Waals surface area contributed by atoms with Gasteiger partial charge in [-0.2, -0.15) is 26.3 Å². The van der Waals surface area contributed by atoms with Crippen molar-refractivity contribution >= 4 is 0 Å². The Bertz CT molecular complexity index is 372. The fraction of sp³-hybridized carbons (Fsp3) is 0.400. The van der Waals surface area contributed by atoms with Crippen LogP contribution < -0.4 is 0 Å². The number of benzene rings is 1. The van der Waals surface area contributed by atoms with Crippen LogP contribution in [-0.2, 0) is 17.5 Å². The highest BCUT2D eigenvalue weighted by molar-refractivity contribution is 5.40. The van der Waals surface area contributed by atoms with Gasteiger partial charge in [0.05, 0.1) is 11.1 Å². The quantitative estimate of drug-likeness (QED) is 0.671. The molecular formula is C10H7F6O. The zero-order valence-electron chi connectivity index (χ0n) is 8.49. The van der Waals surface area contributed by atoms with Gasteiger partial charge in [-0.3, -0.25) is 0 Å². The maximum absolute atomic E-state index is 12.5. The van der Waals surface area contributed by atoms with Gasteiger partial charge in [0.15, 0.2) is 0 Å². The zero-order valence-corrected chi connectivity index (χ0v) is 8.49. The normalized spacial score (nSPS) is 14.8. The lowest BCUT2D eigenvalue weighted by Gasteiger charge is -2.19. The summed E-state index contributed by atoms with van der Waals surface area (Å²) < 4.78 is 74.8. The van der Waals surface area contributed by atoms with E-state index in [-0.39, 0.29) is 0 Å². The summed E-state index contributed by atoms with van der Waals surface area (Å²) in [5.74, 6) is 0. The Morgan fingerprint density at radius 2 is 1.29 bits per heavy atom. The van der Waals surface area contributed by atoms with Gasteiger partial charge in [0.1, 0.15) is 6.10 Å². The smallest absolute Gasteiger partial charge is 0.228 e. The highest BCUT2D eigenvalue weighted by Gasteiger charge is 2.41. The van der Waals surface area contributed by atoms with E-state index in [9.17, 15) is 31.4 Å². The van der Waals surface area contributed by atoms with Gasteiger partial charge in [0.2, 0.25) is 0 Å². The standard InChI is InChI=1S/C10H7F6O/c1-5(17)8-6(9(11,12)13)3-2-4-7(8)10(14,15)16/h2-5H,1H3. The van der Waals surface area contributed by atoms with Crippen LogP contribution in [0, 0.1) is 0 Å². The Hall–Kier alpha value is -1.24. The molecule has 0 heterocycles. The molecule has 0 spiro atoms. The average Bonchev–Trinajstić information content (AvgIpc) is 2.13. The molecule has 1 radical (unpaired) electrons. The molecule has 0 aliphatic rings. The van der Waals surface area contributed by atoms with Crippen LogP contribution in [0.25, 0.3) is 0 Å². The molecular weight excluding hydrogens is 250 g/mol. The fourth-order valence-corrected chi connectivity index (χ4v) is 1.50. The van der Waals surface area contributed by atoms with Crippen LogP contribution in [0.1, 0.15) is 29.7 Å². The van der Waals surface area contributed by atoms with E-state index in [1.54, 1.807) is 0 Å². The molecule has 1 nitrogen and oxygen atoms in total. The Morgan fingerprint density at radius 3 is 1.53 bits per heavy atom. The third kappa shape index (κ3) is 2.91. The molecule has 0 amide bonds. The summed E-state index contributed by atoms with van der Waals surface area (Å²) in [5, 5.41) is 11.1. The summed E-state index contributed by atoms with van der Waals surface area (Å²) in [6, 6.07) is 1.58. The fourth-order valence-electron chi connectivity index (χ4n) is 1.50. The van der Waals surface area contributed by atoms with E-state index in [0.29, 0.717) is 18.2 Å². The van der Waals surface area contributed by atoms with Gasteiger partial charge in [-0.1, -0.05) is 6.07 Å². The minimum absolute atomic E-state index is 0.471. The number of hydrogen-bond acceptors (Lipinski definition) is 0. The Kier molecular flexibility index (Phi) is 3.42. The van der Waals surface area contributed by atoms with E-state index in [4.69, 9.17) is 0 Å². The number of halogens is 6. The molecule has 95 valence electrons. The topological polar surface area (TPSA) is 19.9 Å². The van der Waals surface area contributed by atoms with Crippen LogP contribution in [-0.4, -0.2) is 0 Å². The van der Waals surface area contributed by atoms with Crippen molar-refractivity contribution in [3.8, 4) is 0 Å². The van der Waals surface area contributed by atoms with Gasteiger partial charge in [-0.05, 0) is 19.1 Å². The molecule has 1 aromatic carbocycles. The van der Waals surface area contributed by atoms with E-state index >= 15 is 0 Å². The molecule has 0 N–H and O–H groups in total. The molecule has 0 saturated heterocycles. The molecule has 7 heteroatoms. The average molecular weight is 257 g/mol. The third-order valence-corrected chi connectivity index (χ3v) is 2.12. The van der Waals surface area contributed by atoms with Crippen molar-refractivity contribution in [2.75, 3.05) is 0 Å².